The van der Waals surface area contributed by atoms with E-state index in [1.54, 1.807) is 24.3 Å². The molecular formula is C14H20N2O3. The molecule has 1 rings (SSSR count). The number of carbonyl (C=O) groups is 2. The standard InChI is InChI=1S/C14H20N2O3/c15-11-7-9-12(10-8-11)16-13(17)5-3-1-2-4-6-14(18)19/h7-10H,1-6,15H2,(H,16,17)(H,18,19). The molecule has 0 unspecified atom stereocenters. The lowest BCUT2D eigenvalue weighted by Crippen LogP contribution is -2.11. The van der Waals surface area contributed by atoms with E-state index in [-0.39, 0.29) is 12.3 Å². The Labute approximate surface area is 112 Å². The van der Waals surface area contributed by atoms with Crippen LogP contribution in [0.5, 0.6) is 0 Å². The first kappa shape index (κ1) is 15.0. The first-order valence-electron chi connectivity index (χ1n) is 6.45. The third-order valence-corrected chi connectivity index (χ3v) is 2.74. The van der Waals surface area contributed by atoms with E-state index in [2.05, 4.69) is 5.32 Å². The molecular weight excluding hydrogens is 244 g/mol. The van der Waals surface area contributed by atoms with Crippen LogP contribution in [0.1, 0.15) is 38.5 Å². The molecule has 0 aliphatic carbocycles. The van der Waals surface area contributed by atoms with Crippen molar-refractivity contribution in [2.45, 2.75) is 38.5 Å². The maximum atomic E-state index is 11.6. The first-order valence-corrected chi connectivity index (χ1v) is 6.45. The Kier molecular flexibility index (Phi) is 6.43. The fourth-order valence-corrected chi connectivity index (χ4v) is 1.71. The highest BCUT2D eigenvalue weighted by Gasteiger charge is 2.02. The van der Waals surface area contributed by atoms with Crippen LogP contribution in [0.3, 0.4) is 0 Å². The molecule has 19 heavy (non-hydrogen) atoms. The minimum absolute atomic E-state index is 0.0250. The highest BCUT2D eigenvalue weighted by molar-refractivity contribution is 5.90. The number of rotatable bonds is 8. The predicted molar refractivity (Wildman–Crippen MR) is 74.8 cm³/mol. The summed E-state index contributed by atoms with van der Waals surface area (Å²) in [5.74, 6) is -0.788. The Bertz CT molecular complexity index is 415. The van der Waals surface area contributed by atoms with Gasteiger partial charge in [-0.3, -0.25) is 9.59 Å². The summed E-state index contributed by atoms with van der Waals surface area (Å²) in [7, 11) is 0. The molecule has 0 fully saturated rings. The minimum atomic E-state index is -0.763. The molecule has 0 aromatic heterocycles. The highest BCUT2D eigenvalue weighted by atomic mass is 16.4. The summed E-state index contributed by atoms with van der Waals surface area (Å²) in [4.78, 5) is 21.9. The van der Waals surface area contributed by atoms with Crippen LogP contribution in [0.4, 0.5) is 11.4 Å². The molecule has 0 spiro atoms. The van der Waals surface area contributed by atoms with Gasteiger partial charge in [0.2, 0.25) is 5.91 Å². The summed E-state index contributed by atoms with van der Waals surface area (Å²) in [5.41, 5.74) is 6.96. The number of amides is 1. The van der Waals surface area contributed by atoms with Crippen molar-refractivity contribution in [1.82, 2.24) is 0 Å². The molecule has 1 amide bonds. The van der Waals surface area contributed by atoms with Crippen molar-refractivity contribution in [1.29, 1.82) is 0 Å². The van der Waals surface area contributed by atoms with Gasteiger partial charge in [0.15, 0.2) is 0 Å². The second kappa shape index (κ2) is 8.13. The zero-order valence-electron chi connectivity index (χ0n) is 10.9. The zero-order valence-corrected chi connectivity index (χ0v) is 10.9. The normalized spacial score (nSPS) is 10.1. The van der Waals surface area contributed by atoms with Gasteiger partial charge in [0, 0.05) is 24.2 Å². The third-order valence-electron chi connectivity index (χ3n) is 2.74. The number of carbonyl (C=O) groups excluding carboxylic acids is 1. The fraction of sp³-hybridized carbons (Fsp3) is 0.429. The van der Waals surface area contributed by atoms with Gasteiger partial charge in [-0.05, 0) is 37.1 Å². The smallest absolute Gasteiger partial charge is 0.303 e. The number of hydrogen-bond donors (Lipinski definition) is 3. The Morgan fingerprint density at radius 1 is 1.00 bits per heavy atom. The van der Waals surface area contributed by atoms with E-state index in [9.17, 15) is 9.59 Å². The average molecular weight is 264 g/mol. The Balaban J connectivity index is 2.11. The van der Waals surface area contributed by atoms with Crippen LogP contribution < -0.4 is 11.1 Å². The summed E-state index contributed by atoms with van der Waals surface area (Å²) in [5, 5.41) is 11.3. The van der Waals surface area contributed by atoms with Crippen LogP contribution in [0.2, 0.25) is 0 Å². The number of unbranched alkanes of at least 4 members (excludes halogenated alkanes) is 3. The summed E-state index contributed by atoms with van der Waals surface area (Å²) >= 11 is 0. The van der Waals surface area contributed by atoms with E-state index >= 15 is 0 Å². The highest BCUT2D eigenvalue weighted by Crippen LogP contribution is 2.12. The number of hydrogen-bond acceptors (Lipinski definition) is 3. The topological polar surface area (TPSA) is 92.4 Å². The minimum Gasteiger partial charge on any atom is -0.481 e. The van der Waals surface area contributed by atoms with Crippen molar-refractivity contribution >= 4 is 23.3 Å². The maximum Gasteiger partial charge on any atom is 0.303 e. The first-order chi connectivity index (χ1) is 9.08. The molecule has 0 atom stereocenters. The van der Waals surface area contributed by atoms with Crippen LogP contribution in [0, 0.1) is 0 Å². The van der Waals surface area contributed by atoms with E-state index in [4.69, 9.17) is 10.8 Å². The number of nitrogen functional groups attached to an aromatic ring is 1. The van der Waals surface area contributed by atoms with Crippen LogP contribution in [0.25, 0.3) is 0 Å². The van der Waals surface area contributed by atoms with Gasteiger partial charge in [0.05, 0.1) is 0 Å². The third kappa shape index (κ3) is 7.08. The van der Waals surface area contributed by atoms with Crippen LogP contribution in [0.15, 0.2) is 24.3 Å². The molecule has 4 N–H and O–H groups in total. The van der Waals surface area contributed by atoms with Gasteiger partial charge < -0.3 is 16.2 Å². The van der Waals surface area contributed by atoms with Gasteiger partial charge in [-0.1, -0.05) is 12.8 Å². The van der Waals surface area contributed by atoms with Crippen LogP contribution in [-0.2, 0) is 9.59 Å². The molecule has 5 nitrogen and oxygen atoms in total. The molecule has 0 saturated heterocycles. The van der Waals surface area contributed by atoms with Crippen molar-refractivity contribution in [3.63, 3.8) is 0 Å². The lowest BCUT2D eigenvalue weighted by Gasteiger charge is -2.05. The number of nitrogens with two attached hydrogens (primary N) is 1. The summed E-state index contributed by atoms with van der Waals surface area (Å²) in [6, 6.07) is 7.00. The van der Waals surface area contributed by atoms with Crippen LogP contribution >= 0.6 is 0 Å². The largest absolute Gasteiger partial charge is 0.481 e. The number of anilines is 2. The summed E-state index contributed by atoms with van der Waals surface area (Å²) < 4.78 is 0. The number of aliphatic carboxylic acids is 1. The monoisotopic (exact) mass is 264 g/mol. The van der Waals surface area contributed by atoms with Gasteiger partial charge in [0.25, 0.3) is 0 Å². The number of benzene rings is 1. The van der Waals surface area contributed by atoms with Gasteiger partial charge >= 0.3 is 5.97 Å². The lowest BCUT2D eigenvalue weighted by atomic mass is 10.1. The van der Waals surface area contributed by atoms with Gasteiger partial charge in [-0.15, -0.1) is 0 Å². The van der Waals surface area contributed by atoms with Crippen molar-refractivity contribution in [3.05, 3.63) is 24.3 Å². The Hall–Kier alpha value is -2.04. The SMILES string of the molecule is Nc1ccc(NC(=O)CCCCCCC(=O)O)cc1. The molecule has 0 bridgehead atoms. The molecule has 104 valence electrons. The van der Waals surface area contributed by atoms with Gasteiger partial charge in [-0.2, -0.15) is 0 Å². The van der Waals surface area contributed by atoms with Crippen molar-refractivity contribution in [3.8, 4) is 0 Å². The quantitative estimate of drug-likeness (QED) is 0.497. The van der Waals surface area contributed by atoms with E-state index in [1.165, 1.54) is 0 Å². The molecule has 1 aromatic rings. The van der Waals surface area contributed by atoms with Crippen molar-refractivity contribution in [2.75, 3.05) is 11.1 Å². The van der Waals surface area contributed by atoms with Crippen molar-refractivity contribution in [2.24, 2.45) is 0 Å². The molecule has 0 radical (unpaired) electrons. The number of carboxylic acid groups (broad SMARTS) is 1. The number of nitrogens with one attached hydrogen (secondary N) is 1. The second-order valence-corrected chi connectivity index (χ2v) is 4.48. The Morgan fingerprint density at radius 3 is 2.16 bits per heavy atom. The summed E-state index contributed by atoms with van der Waals surface area (Å²) in [6.07, 6.45) is 3.84. The average Bonchev–Trinajstić information content (AvgIpc) is 2.36. The van der Waals surface area contributed by atoms with E-state index in [0.29, 0.717) is 18.5 Å². The molecule has 0 saturated carbocycles. The number of carboxylic acids is 1. The van der Waals surface area contributed by atoms with Gasteiger partial charge in [0.1, 0.15) is 0 Å². The van der Waals surface area contributed by atoms with E-state index in [0.717, 1.165) is 24.9 Å². The molecule has 5 heteroatoms. The summed E-state index contributed by atoms with van der Waals surface area (Å²) in [6.45, 7) is 0. The second-order valence-electron chi connectivity index (χ2n) is 4.48. The van der Waals surface area contributed by atoms with E-state index in [1.807, 2.05) is 0 Å². The van der Waals surface area contributed by atoms with Gasteiger partial charge in [-0.25, -0.2) is 0 Å². The maximum absolute atomic E-state index is 11.6. The Morgan fingerprint density at radius 2 is 1.58 bits per heavy atom. The fourth-order valence-electron chi connectivity index (χ4n) is 1.71. The molecule has 0 aliphatic rings. The molecule has 1 aromatic carbocycles. The zero-order chi connectivity index (χ0) is 14.1. The molecule has 0 aliphatic heterocycles. The predicted octanol–water partition coefficient (Wildman–Crippen LogP) is 2.63. The van der Waals surface area contributed by atoms with E-state index < -0.39 is 5.97 Å². The van der Waals surface area contributed by atoms with Crippen LogP contribution in [-0.4, -0.2) is 17.0 Å². The molecule has 0 heterocycles. The lowest BCUT2D eigenvalue weighted by molar-refractivity contribution is -0.137. The van der Waals surface area contributed by atoms with Crippen molar-refractivity contribution < 1.29 is 14.7 Å².